The first-order valence-corrected chi connectivity index (χ1v) is 18.2. The molecule has 0 amide bonds. The Bertz CT molecular complexity index is 1180. The lowest BCUT2D eigenvalue weighted by Gasteiger charge is -2.51. The summed E-state index contributed by atoms with van der Waals surface area (Å²) in [5, 5.41) is 8.27. The van der Waals surface area contributed by atoms with Crippen molar-refractivity contribution in [2.45, 2.75) is 82.7 Å². The molecular weight excluding hydrogens is 534 g/mol. The zero-order valence-electron chi connectivity index (χ0n) is 26.5. The van der Waals surface area contributed by atoms with Gasteiger partial charge in [0.25, 0.3) is 0 Å². The Labute approximate surface area is 254 Å². The van der Waals surface area contributed by atoms with E-state index in [0.717, 1.165) is 26.2 Å². The van der Waals surface area contributed by atoms with Gasteiger partial charge in [0.15, 0.2) is 0 Å². The molecule has 2 heterocycles. The monoisotopic (exact) mass is 588 g/mol. The lowest BCUT2D eigenvalue weighted by molar-refractivity contribution is 0.213. The molecule has 2 aromatic rings. The fourth-order valence-electron chi connectivity index (χ4n) is 8.18. The van der Waals surface area contributed by atoms with Crippen LogP contribution in [-0.4, -0.2) is 47.8 Å². The number of nitrogens with one attached hydrogen (secondary N) is 2. The Kier molecular flexibility index (Phi) is 9.68. The van der Waals surface area contributed by atoms with Crippen molar-refractivity contribution in [3.63, 3.8) is 0 Å². The maximum atomic E-state index is 3.82. The average Bonchev–Trinajstić information content (AvgIpc) is 3.36. The number of hydrogen-bond acceptors (Lipinski definition) is 2. The molecule has 2 fully saturated rings. The Balaban J connectivity index is 1.74. The highest BCUT2D eigenvalue weighted by Gasteiger charge is 2.51. The third-order valence-electron chi connectivity index (χ3n) is 9.91. The molecule has 4 heteroatoms. The summed E-state index contributed by atoms with van der Waals surface area (Å²) in [4.78, 5) is 0. The van der Waals surface area contributed by atoms with Crippen LogP contribution in [0.3, 0.4) is 0 Å². The Morgan fingerprint density at radius 3 is 1.66 bits per heavy atom. The van der Waals surface area contributed by atoms with Gasteiger partial charge in [-0.1, -0.05) is 122 Å². The van der Waals surface area contributed by atoms with Gasteiger partial charge in [-0.25, -0.2) is 0 Å². The molecule has 41 heavy (non-hydrogen) atoms. The Morgan fingerprint density at radius 2 is 1.22 bits per heavy atom. The van der Waals surface area contributed by atoms with Crippen LogP contribution in [0.1, 0.15) is 78.4 Å². The van der Waals surface area contributed by atoms with Crippen molar-refractivity contribution in [1.82, 2.24) is 10.6 Å². The highest BCUT2D eigenvalue weighted by molar-refractivity contribution is 7.60. The predicted molar refractivity (Wildman–Crippen MR) is 186 cm³/mol. The largest absolute Gasteiger partial charge is 0.316 e. The fraction of sp³-hybridized carbons (Fsp3) is 0.568. The van der Waals surface area contributed by atoms with Gasteiger partial charge < -0.3 is 10.6 Å². The number of benzene rings is 2. The molecule has 3 aliphatic rings. The highest BCUT2D eigenvalue weighted by atomic mass is 31.1. The van der Waals surface area contributed by atoms with E-state index in [1.54, 1.807) is 11.1 Å². The van der Waals surface area contributed by atoms with Crippen LogP contribution in [0.15, 0.2) is 72.3 Å². The molecule has 5 rings (SSSR count). The van der Waals surface area contributed by atoms with Gasteiger partial charge in [0.1, 0.15) is 0 Å². The van der Waals surface area contributed by atoms with Crippen molar-refractivity contribution < 1.29 is 0 Å². The number of rotatable bonds is 7. The Hall–Kier alpha value is -1.30. The standard InChI is InChI=1S/C37H54N2P2/c1-35(2,3)41(36(4,5)6)26-32-33(37(40,29-19-13-21-38-24-29)30-20-14-22-39-25-30)23-31(27-15-9-7-10-16-27)34(32)28-17-11-8-12-18-28/h7-12,15-18,23,29-30,32,38-39H,13-14,19-22,24-26,40H2,1-6H3. The average molecular weight is 589 g/mol. The smallest absolute Gasteiger partial charge is 0.0146 e. The molecule has 222 valence electrons. The van der Waals surface area contributed by atoms with Crippen LogP contribution in [0.5, 0.6) is 0 Å². The lowest BCUT2D eigenvalue weighted by Crippen LogP contribution is -2.53. The first-order valence-electron chi connectivity index (χ1n) is 16.1. The highest BCUT2D eigenvalue weighted by Crippen LogP contribution is 2.65. The molecule has 4 unspecified atom stereocenters. The molecule has 2 nitrogen and oxygen atoms in total. The van der Waals surface area contributed by atoms with E-state index in [1.807, 2.05) is 0 Å². The van der Waals surface area contributed by atoms with E-state index in [1.165, 1.54) is 48.5 Å². The summed E-state index contributed by atoms with van der Waals surface area (Å²) < 4.78 is 0. The van der Waals surface area contributed by atoms with E-state index in [0.29, 0.717) is 17.8 Å². The summed E-state index contributed by atoms with van der Waals surface area (Å²) in [6, 6.07) is 22.6. The predicted octanol–water partition coefficient (Wildman–Crippen LogP) is 8.85. The van der Waals surface area contributed by atoms with Gasteiger partial charge in [-0.05, 0) is 102 Å². The second-order valence-corrected chi connectivity index (χ2v) is 19.5. The van der Waals surface area contributed by atoms with Gasteiger partial charge >= 0.3 is 0 Å². The van der Waals surface area contributed by atoms with E-state index in [9.17, 15) is 0 Å². The fourth-order valence-corrected chi connectivity index (χ4v) is 12.9. The number of allylic oxidation sites excluding steroid dienone is 4. The summed E-state index contributed by atoms with van der Waals surface area (Å²) in [5.41, 5.74) is 7.47. The van der Waals surface area contributed by atoms with E-state index in [-0.39, 0.29) is 23.4 Å². The third-order valence-corrected chi connectivity index (χ3v) is 15.2. The molecule has 0 bridgehead atoms. The van der Waals surface area contributed by atoms with Gasteiger partial charge in [-0.2, -0.15) is 0 Å². The van der Waals surface area contributed by atoms with E-state index in [4.69, 9.17) is 0 Å². The SMILES string of the molecule is CC(C)(C)P(CC1C(C(P)(C2CCCNC2)C2CCCNC2)=CC(c2ccccc2)=C1c1ccccc1)C(C)(C)C. The summed E-state index contributed by atoms with van der Waals surface area (Å²) >= 11 is 0. The van der Waals surface area contributed by atoms with Crippen molar-refractivity contribution in [3.05, 3.63) is 83.4 Å². The van der Waals surface area contributed by atoms with Crippen molar-refractivity contribution in [3.8, 4) is 0 Å². The van der Waals surface area contributed by atoms with E-state index in [2.05, 4.69) is 128 Å². The van der Waals surface area contributed by atoms with Gasteiger partial charge in [0, 0.05) is 11.1 Å². The molecule has 0 spiro atoms. The zero-order chi connectivity index (χ0) is 29.3. The summed E-state index contributed by atoms with van der Waals surface area (Å²) in [5.74, 6) is 1.67. The third kappa shape index (κ3) is 6.63. The molecule has 0 saturated carbocycles. The minimum atomic E-state index is -0.283. The minimum Gasteiger partial charge on any atom is -0.316 e. The van der Waals surface area contributed by atoms with Crippen LogP contribution in [0, 0.1) is 17.8 Å². The van der Waals surface area contributed by atoms with Crippen LogP contribution in [-0.2, 0) is 0 Å². The van der Waals surface area contributed by atoms with Gasteiger partial charge in [0.2, 0.25) is 0 Å². The topological polar surface area (TPSA) is 24.1 Å². The molecular formula is C37H54N2P2. The van der Waals surface area contributed by atoms with Gasteiger partial charge in [-0.15, -0.1) is 9.24 Å². The Morgan fingerprint density at radius 1 is 0.732 bits per heavy atom. The molecule has 2 aliphatic heterocycles. The molecule has 2 N–H and O–H groups in total. The van der Waals surface area contributed by atoms with Gasteiger partial charge in [-0.3, -0.25) is 0 Å². The van der Waals surface area contributed by atoms with E-state index >= 15 is 0 Å². The molecule has 0 radical (unpaired) electrons. The van der Waals surface area contributed by atoms with Crippen LogP contribution >= 0.6 is 17.2 Å². The first kappa shape index (κ1) is 31.1. The summed E-state index contributed by atoms with van der Waals surface area (Å²) in [6.07, 6.45) is 9.11. The normalized spacial score (nSPS) is 25.8. The van der Waals surface area contributed by atoms with Crippen molar-refractivity contribution in [1.29, 1.82) is 0 Å². The van der Waals surface area contributed by atoms with Crippen LogP contribution in [0.2, 0.25) is 0 Å². The lowest BCUT2D eigenvalue weighted by atomic mass is 9.67. The van der Waals surface area contributed by atoms with Crippen molar-refractivity contribution >= 4 is 28.3 Å². The molecule has 4 atom stereocenters. The van der Waals surface area contributed by atoms with Crippen molar-refractivity contribution in [2.75, 3.05) is 32.3 Å². The number of piperidine rings is 2. The molecule has 2 aromatic carbocycles. The quantitative estimate of drug-likeness (QED) is 0.316. The minimum absolute atomic E-state index is 0.0683. The summed E-state index contributed by atoms with van der Waals surface area (Å²) in [6.45, 7) is 19.5. The molecule has 0 aromatic heterocycles. The maximum Gasteiger partial charge on any atom is 0.0146 e. The van der Waals surface area contributed by atoms with E-state index < -0.39 is 0 Å². The second kappa shape index (κ2) is 12.7. The zero-order valence-corrected chi connectivity index (χ0v) is 28.5. The first-order chi connectivity index (χ1) is 19.5. The summed E-state index contributed by atoms with van der Waals surface area (Å²) in [7, 11) is 3.30. The second-order valence-electron chi connectivity index (χ2n) is 14.7. The van der Waals surface area contributed by atoms with Crippen LogP contribution < -0.4 is 10.6 Å². The van der Waals surface area contributed by atoms with Crippen molar-refractivity contribution in [2.24, 2.45) is 17.8 Å². The maximum absolute atomic E-state index is 3.82. The van der Waals surface area contributed by atoms with Gasteiger partial charge in [0.05, 0.1) is 0 Å². The van der Waals surface area contributed by atoms with Crippen LogP contribution in [0.25, 0.3) is 11.1 Å². The number of hydrogen-bond donors (Lipinski definition) is 2. The molecule has 1 aliphatic carbocycles. The van der Waals surface area contributed by atoms with Crippen LogP contribution in [0.4, 0.5) is 0 Å². The molecule has 2 saturated heterocycles.